The molecule has 3 rings (SSSR count). The lowest BCUT2D eigenvalue weighted by Crippen LogP contribution is -2.29. The molecule has 0 amide bonds. The Morgan fingerprint density at radius 1 is 1.62 bits per heavy atom. The minimum Gasteiger partial charge on any atom is -0.472 e. The van der Waals surface area contributed by atoms with Crippen LogP contribution in [0.1, 0.15) is 29.6 Å². The Kier molecular flexibility index (Phi) is 4.82. The monoisotopic (exact) mass is 349 g/mol. The van der Waals surface area contributed by atoms with Crippen LogP contribution < -0.4 is 10.5 Å². The molecule has 5 nitrogen and oxygen atoms in total. The Morgan fingerprint density at radius 3 is 3.04 bits per heavy atom. The summed E-state index contributed by atoms with van der Waals surface area (Å²) in [6.45, 7) is 7.28. The molecule has 2 unspecified atom stereocenters. The number of aryl methyl sites for hydroxylation is 1. The van der Waals surface area contributed by atoms with Gasteiger partial charge in [-0.3, -0.25) is 0 Å². The number of hydrogen-bond donors (Lipinski definition) is 1. The van der Waals surface area contributed by atoms with Gasteiger partial charge in [0.2, 0.25) is 5.88 Å². The maximum atomic E-state index is 12.9. The van der Waals surface area contributed by atoms with Gasteiger partial charge in [0, 0.05) is 17.3 Å². The van der Waals surface area contributed by atoms with Crippen LogP contribution in [-0.4, -0.2) is 29.0 Å². The highest BCUT2D eigenvalue weighted by atomic mass is 32.1. The summed E-state index contributed by atoms with van der Waals surface area (Å²) in [6, 6.07) is 1.93. The van der Waals surface area contributed by atoms with E-state index in [-0.39, 0.29) is 12.7 Å². The predicted octanol–water partition coefficient (Wildman–Crippen LogP) is 3.47. The van der Waals surface area contributed by atoms with Crippen molar-refractivity contribution in [1.29, 1.82) is 0 Å². The number of rotatable bonds is 5. The van der Waals surface area contributed by atoms with Gasteiger partial charge in [0.05, 0.1) is 27.9 Å². The Labute approximate surface area is 144 Å². The smallest absolute Gasteiger partial charge is 0.218 e. The molecule has 7 heteroatoms. The third kappa shape index (κ3) is 3.57. The number of alkyl halides is 1. The highest BCUT2D eigenvalue weighted by Crippen LogP contribution is 2.38. The molecule has 0 bridgehead atoms. The van der Waals surface area contributed by atoms with Gasteiger partial charge in [-0.1, -0.05) is 6.58 Å². The standard InChI is InChI=1S/C17H20FN3O2S/c1-9(19)15-6-14(16-7-20-11(3)24-16)13-5-4-12(8-22-10(2)18)23-17(13)21-15/h6-7,10,12H,1,4-5,8,19H2,2-3H3. The number of halogens is 1. The number of nitrogens with two attached hydrogens (primary N) is 1. The normalized spacial score (nSPS) is 17.9. The van der Waals surface area contributed by atoms with Crippen LogP contribution in [0.2, 0.25) is 0 Å². The van der Waals surface area contributed by atoms with Crippen LogP contribution in [0.3, 0.4) is 0 Å². The van der Waals surface area contributed by atoms with Crippen molar-refractivity contribution >= 4 is 17.0 Å². The van der Waals surface area contributed by atoms with Gasteiger partial charge in [-0.15, -0.1) is 11.3 Å². The van der Waals surface area contributed by atoms with Gasteiger partial charge in [0.25, 0.3) is 0 Å². The van der Waals surface area contributed by atoms with E-state index in [0.29, 0.717) is 17.3 Å². The van der Waals surface area contributed by atoms with Crippen LogP contribution in [0.5, 0.6) is 5.88 Å². The Hall–Kier alpha value is -1.99. The first-order chi connectivity index (χ1) is 11.4. The third-order valence-electron chi connectivity index (χ3n) is 3.81. The first-order valence-corrected chi connectivity index (χ1v) is 8.59. The first-order valence-electron chi connectivity index (χ1n) is 7.78. The molecule has 128 valence electrons. The molecule has 0 saturated heterocycles. The number of fused-ring (bicyclic) bond motifs is 1. The average Bonchev–Trinajstić information content (AvgIpc) is 2.97. The Morgan fingerprint density at radius 2 is 2.42 bits per heavy atom. The quantitative estimate of drug-likeness (QED) is 0.895. The van der Waals surface area contributed by atoms with Crippen molar-refractivity contribution < 1.29 is 13.9 Å². The molecule has 0 fully saturated rings. The second-order valence-electron chi connectivity index (χ2n) is 5.76. The van der Waals surface area contributed by atoms with Crippen molar-refractivity contribution in [3.05, 3.63) is 35.1 Å². The lowest BCUT2D eigenvalue weighted by atomic mass is 9.98. The van der Waals surface area contributed by atoms with Crippen molar-refractivity contribution in [1.82, 2.24) is 9.97 Å². The summed E-state index contributed by atoms with van der Waals surface area (Å²) in [5.41, 5.74) is 8.83. The van der Waals surface area contributed by atoms with Crippen LogP contribution in [0.15, 0.2) is 18.8 Å². The molecule has 0 aromatic carbocycles. The number of ether oxygens (including phenoxy) is 2. The van der Waals surface area contributed by atoms with E-state index in [2.05, 4.69) is 16.5 Å². The van der Waals surface area contributed by atoms with Crippen LogP contribution in [0.4, 0.5) is 4.39 Å². The molecule has 0 spiro atoms. The fourth-order valence-corrected chi connectivity index (χ4v) is 3.46. The SMILES string of the molecule is C=C(N)c1cc(-c2cnc(C)s2)c2c(n1)OC(COC(C)F)CC2. The van der Waals surface area contributed by atoms with E-state index in [0.717, 1.165) is 33.9 Å². The van der Waals surface area contributed by atoms with Crippen molar-refractivity contribution in [2.24, 2.45) is 5.73 Å². The number of aromatic nitrogens is 2. The van der Waals surface area contributed by atoms with Gasteiger partial charge >= 0.3 is 0 Å². The molecule has 0 saturated carbocycles. The van der Waals surface area contributed by atoms with Crippen LogP contribution in [0, 0.1) is 6.92 Å². The lowest BCUT2D eigenvalue weighted by molar-refractivity contribution is -0.0603. The second-order valence-corrected chi connectivity index (χ2v) is 7.00. The maximum absolute atomic E-state index is 12.9. The molecule has 1 aliphatic rings. The second kappa shape index (κ2) is 6.86. The molecule has 2 atom stereocenters. The van der Waals surface area contributed by atoms with E-state index in [1.807, 2.05) is 19.2 Å². The summed E-state index contributed by atoms with van der Waals surface area (Å²) in [4.78, 5) is 9.84. The summed E-state index contributed by atoms with van der Waals surface area (Å²) in [7, 11) is 0. The summed E-state index contributed by atoms with van der Waals surface area (Å²) < 4.78 is 23.8. The van der Waals surface area contributed by atoms with E-state index in [4.69, 9.17) is 15.2 Å². The van der Waals surface area contributed by atoms with Crippen molar-refractivity contribution in [3.63, 3.8) is 0 Å². The summed E-state index contributed by atoms with van der Waals surface area (Å²) >= 11 is 1.61. The third-order valence-corrected chi connectivity index (χ3v) is 4.75. The average molecular weight is 349 g/mol. The lowest BCUT2D eigenvalue weighted by Gasteiger charge is -2.27. The van der Waals surface area contributed by atoms with E-state index in [9.17, 15) is 4.39 Å². The van der Waals surface area contributed by atoms with Gasteiger partial charge < -0.3 is 15.2 Å². The van der Waals surface area contributed by atoms with Crippen LogP contribution in [0.25, 0.3) is 16.1 Å². The molecule has 1 aliphatic heterocycles. The fraction of sp³-hybridized carbons (Fsp3) is 0.412. The molecule has 0 radical (unpaired) electrons. The molecular weight excluding hydrogens is 329 g/mol. The zero-order valence-corrected chi connectivity index (χ0v) is 14.5. The predicted molar refractivity (Wildman–Crippen MR) is 92.6 cm³/mol. The molecule has 0 aliphatic carbocycles. The zero-order chi connectivity index (χ0) is 17.3. The topological polar surface area (TPSA) is 70.3 Å². The van der Waals surface area contributed by atoms with Crippen molar-refractivity contribution in [3.8, 4) is 16.3 Å². The van der Waals surface area contributed by atoms with Crippen LogP contribution >= 0.6 is 11.3 Å². The highest BCUT2D eigenvalue weighted by molar-refractivity contribution is 7.15. The molecular formula is C17H20FN3O2S. The number of hydrogen-bond acceptors (Lipinski definition) is 6. The molecule has 3 heterocycles. The number of pyridine rings is 1. The van der Waals surface area contributed by atoms with Gasteiger partial charge in [0.1, 0.15) is 6.10 Å². The minimum absolute atomic E-state index is 0.196. The number of nitrogens with zero attached hydrogens (tertiary/aromatic N) is 2. The van der Waals surface area contributed by atoms with Gasteiger partial charge in [-0.05, 0) is 32.8 Å². The Bertz CT molecular complexity index is 760. The maximum Gasteiger partial charge on any atom is 0.218 e. The molecule has 2 aromatic heterocycles. The highest BCUT2D eigenvalue weighted by Gasteiger charge is 2.26. The summed E-state index contributed by atoms with van der Waals surface area (Å²) in [5, 5.41) is 0.989. The van der Waals surface area contributed by atoms with E-state index in [1.54, 1.807) is 11.3 Å². The molecule has 2 N–H and O–H groups in total. The Balaban J connectivity index is 1.96. The fourth-order valence-electron chi connectivity index (χ4n) is 2.64. The minimum atomic E-state index is -1.31. The first kappa shape index (κ1) is 16.9. The number of thiazole rings is 1. The van der Waals surface area contributed by atoms with Crippen LogP contribution in [-0.2, 0) is 11.2 Å². The van der Waals surface area contributed by atoms with Gasteiger partial charge in [0.15, 0.2) is 6.36 Å². The zero-order valence-electron chi connectivity index (χ0n) is 13.7. The molecule has 24 heavy (non-hydrogen) atoms. The van der Waals surface area contributed by atoms with Crippen molar-refractivity contribution in [2.45, 2.75) is 39.2 Å². The summed E-state index contributed by atoms with van der Waals surface area (Å²) in [5.74, 6) is 0.520. The summed E-state index contributed by atoms with van der Waals surface area (Å²) in [6.07, 6.45) is 1.84. The van der Waals surface area contributed by atoms with Gasteiger partial charge in [-0.2, -0.15) is 0 Å². The van der Waals surface area contributed by atoms with Crippen molar-refractivity contribution in [2.75, 3.05) is 6.61 Å². The van der Waals surface area contributed by atoms with E-state index in [1.165, 1.54) is 6.92 Å². The molecule has 2 aromatic rings. The van der Waals surface area contributed by atoms with Gasteiger partial charge in [-0.25, -0.2) is 14.4 Å². The van der Waals surface area contributed by atoms with E-state index < -0.39 is 6.36 Å². The van der Waals surface area contributed by atoms with E-state index >= 15 is 0 Å². The largest absolute Gasteiger partial charge is 0.472 e.